The summed E-state index contributed by atoms with van der Waals surface area (Å²) in [7, 11) is 6.15. The number of fused-ring (bicyclic) bond motifs is 1. The van der Waals surface area contributed by atoms with E-state index in [0.29, 0.717) is 5.95 Å². The molecule has 8 nitrogen and oxygen atoms in total. The van der Waals surface area contributed by atoms with E-state index in [1.165, 1.54) is 16.7 Å². The second-order valence-electron chi connectivity index (χ2n) is 10.4. The molecule has 2 aliphatic rings. The lowest BCUT2D eigenvalue weighted by Crippen LogP contribution is -2.45. The van der Waals surface area contributed by atoms with Crippen molar-refractivity contribution in [3.05, 3.63) is 65.5 Å². The van der Waals surface area contributed by atoms with Gasteiger partial charge in [0.05, 0.1) is 11.4 Å². The van der Waals surface area contributed by atoms with E-state index in [0.717, 1.165) is 86.3 Å². The van der Waals surface area contributed by atoms with E-state index in [9.17, 15) is 0 Å². The van der Waals surface area contributed by atoms with Gasteiger partial charge >= 0.3 is 0 Å². The molecule has 3 aromatic rings. The monoisotopic (exact) mass is 498 g/mol. The number of rotatable bonds is 5. The van der Waals surface area contributed by atoms with E-state index in [4.69, 9.17) is 10.7 Å². The second kappa shape index (κ2) is 10.4. The van der Waals surface area contributed by atoms with Crippen LogP contribution >= 0.6 is 0 Å². The molecule has 194 valence electrons. The molecule has 0 spiro atoms. The maximum Gasteiger partial charge on any atom is 0.223 e. The number of aromatic nitrogens is 3. The Morgan fingerprint density at radius 3 is 2.16 bits per heavy atom. The zero-order valence-electron chi connectivity index (χ0n) is 22.5. The lowest BCUT2D eigenvalue weighted by Gasteiger charge is -2.33. The van der Waals surface area contributed by atoms with Gasteiger partial charge in [-0.1, -0.05) is 24.8 Å². The van der Waals surface area contributed by atoms with Crippen LogP contribution in [-0.4, -0.2) is 85.2 Å². The summed E-state index contributed by atoms with van der Waals surface area (Å²) in [5, 5.41) is 0. The molecule has 2 N–H and O–H groups in total. The molecule has 0 radical (unpaired) electrons. The predicted molar refractivity (Wildman–Crippen MR) is 153 cm³/mol. The highest BCUT2D eigenvalue weighted by Crippen LogP contribution is 2.29. The Bertz CT molecular complexity index is 1290. The fourth-order valence-corrected chi connectivity index (χ4v) is 5.18. The highest BCUT2D eigenvalue weighted by molar-refractivity contribution is 5.69. The number of nitrogen functional groups attached to an aromatic ring is 1. The fraction of sp³-hybridized carbons (Fsp3) is 0.414. The SMILES string of the molecule is C=C(c1ncc(-c2ccc3c(c2)CCN(c2cc(N4CCN(C)CC4)nc(N)n2)CC3)cc1C)N(C)C. The van der Waals surface area contributed by atoms with Gasteiger partial charge in [0, 0.05) is 71.2 Å². The van der Waals surface area contributed by atoms with Gasteiger partial charge in [-0.25, -0.2) is 0 Å². The van der Waals surface area contributed by atoms with Gasteiger partial charge in [0.15, 0.2) is 0 Å². The van der Waals surface area contributed by atoms with E-state index in [2.05, 4.69) is 75.5 Å². The Balaban J connectivity index is 1.34. The second-order valence-corrected chi connectivity index (χ2v) is 10.4. The van der Waals surface area contributed by atoms with Crippen LogP contribution in [0.4, 0.5) is 17.6 Å². The number of nitrogens with zero attached hydrogens (tertiary/aromatic N) is 7. The summed E-state index contributed by atoms with van der Waals surface area (Å²) in [6.45, 7) is 12.1. The van der Waals surface area contributed by atoms with Crippen molar-refractivity contribution in [3.63, 3.8) is 0 Å². The molecule has 8 heteroatoms. The van der Waals surface area contributed by atoms with Gasteiger partial charge < -0.3 is 25.3 Å². The standard InChI is InChI=1S/C29H38N8/c1-20-16-25(19-31-28(20)21(2)34(3)4)23-7-6-22-8-10-36(11-9-24(22)17-23)26-18-27(33-29(30)32-26)37-14-12-35(5)13-15-37/h6-7,16-19H,2,8-15H2,1,3-5H3,(H2,30,32,33). The number of hydrogen-bond acceptors (Lipinski definition) is 8. The molecular formula is C29H38N8. The summed E-state index contributed by atoms with van der Waals surface area (Å²) < 4.78 is 0. The van der Waals surface area contributed by atoms with Crippen molar-refractivity contribution in [2.45, 2.75) is 19.8 Å². The predicted octanol–water partition coefficient (Wildman–Crippen LogP) is 3.32. The van der Waals surface area contributed by atoms with E-state index in [1.54, 1.807) is 0 Å². The molecule has 2 aromatic heterocycles. The molecule has 2 aliphatic heterocycles. The van der Waals surface area contributed by atoms with Crippen molar-refractivity contribution < 1.29 is 0 Å². The van der Waals surface area contributed by atoms with Crippen molar-refractivity contribution in [1.82, 2.24) is 24.8 Å². The maximum absolute atomic E-state index is 6.17. The minimum Gasteiger partial charge on any atom is -0.376 e. The average molecular weight is 499 g/mol. The first-order chi connectivity index (χ1) is 17.8. The van der Waals surface area contributed by atoms with Gasteiger partial charge in [0.2, 0.25) is 5.95 Å². The number of benzene rings is 1. The van der Waals surface area contributed by atoms with Crippen LogP contribution in [0.25, 0.3) is 16.8 Å². The smallest absolute Gasteiger partial charge is 0.223 e. The van der Waals surface area contributed by atoms with Gasteiger partial charge in [-0.15, -0.1) is 0 Å². The molecule has 4 heterocycles. The Morgan fingerprint density at radius 2 is 1.51 bits per heavy atom. The molecule has 0 atom stereocenters. The molecule has 1 fully saturated rings. The lowest BCUT2D eigenvalue weighted by atomic mass is 9.96. The van der Waals surface area contributed by atoms with Crippen LogP contribution in [0.2, 0.25) is 0 Å². The zero-order chi connectivity index (χ0) is 26.1. The molecule has 37 heavy (non-hydrogen) atoms. The van der Waals surface area contributed by atoms with Crippen molar-refractivity contribution in [1.29, 1.82) is 0 Å². The topological polar surface area (TPSA) is 77.7 Å². The summed E-state index contributed by atoms with van der Waals surface area (Å²) >= 11 is 0. The van der Waals surface area contributed by atoms with E-state index < -0.39 is 0 Å². The van der Waals surface area contributed by atoms with Gasteiger partial charge in [0.1, 0.15) is 11.6 Å². The van der Waals surface area contributed by atoms with E-state index in [1.807, 2.05) is 25.2 Å². The minimum absolute atomic E-state index is 0.346. The van der Waals surface area contributed by atoms with Crippen LogP contribution in [-0.2, 0) is 12.8 Å². The Hall–Kier alpha value is -3.65. The summed E-state index contributed by atoms with van der Waals surface area (Å²) in [4.78, 5) is 22.9. The molecule has 0 saturated carbocycles. The Morgan fingerprint density at radius 1 is 0.865 bits per heavy atom. The number of anilines is 3. The molecule has 1 saturated heterocycles. The molecule has 0 amide bonds. The summed E-state index contributed by atoms with van der Waals surface area (Å²) in [5.41, 5.74) is 14.3. The van der Waals surface area contributed by atoms with E-state index in [-0.39, 0.29) is 0 Å². The zero-order valence-corrected chi connectivity index (χ0v) is 22.5. The van der Waals surface area contributed by atoms with Gasteiger partial charge in [-0.2, -0.15) is 9.97 Å². The molecular weight excluding hydrogens is 460 g/mol. The number of likely N-dealkylation sites (N-methyl/N-ethyl adjacent to an activating group) is 1. The lowest BCUT2D eigenvalue weighted by molar-refractivity contribution is 0.312. The molecule has 1 aromatic carbocycles. The van der Waals surface area contributed by atoms with Gasteiger partial charge in [-0.3, -0.25) is 4.98 Å². The summed E-state index contributed by atoms with van der Waals surface area (Å²) in [6, 6.07) is 11.2. The van der Waals surface area contributed by atoms with Crippen molar-refractivity contribution >= 4 is 23.3 Å². The summed E-state index contributed by atoms with van der Waals surface area (Å²) in [5.74, 6) is 2.20. The third-order valence-electron chi connectivity index (χ3n) is 7.60. The highest BCUT2D eigenvalue weighted by atomic mass is 15.3. The fourth-order valence-electron chi connectivity index (χ4n) is 5.18. The van der Waals surface area contributed by atoms with Crippen LogP contribution in [0, 0.1) is 6.92 Å². The highest BCUT2D eigenvalue weighted by Gasteiger charge is 2.21. The van der Waals surface area contributed by atoms with Gasteiger partial charge in [0.25, 0.3) is 0 Å². The number of piperazine rings is 1. The summed E-state index contributed by atoms with van der Waals surface area (Å²) in [6.07, 6.45) is 3.90. The first-order valence-electron chi connectivity index (χ1n) is 13.1. The van der Waals surface area contributed by atoms with Crippen LogP contribution in [0.15, 0.2) is 43.1 Å². The molecule has 0 bridgehead atoms. The van der Waals surface area contributed by atoms with Crippen LogP contribution in [0.1, 0.15) is 22.4 Å². The molecule has 5 rings (SSSR count). The Kier molecular flexibility index (Phi) is 7.02. The first kappa shape index (κ1) is 25.0. The minimum atomic E-state index is 0.346. The largest absolute Gasteiger partial charge is 0.376 e. The molecule has 0 aliphatic carbocycles. The van der Waals surface area contributed by atoms with Crippen LogP contribution in [0.3, 0.4) is 0 Å². The normalized spacial score (nSPS) is 16.3. The van der Waals surface area contributed by atoms with Crippen molar-refractivity contribution in [3.8, 4) is 11.1 Å². The van der Waals surface area contributed by atoms with Crippen LogP contribution in [0.5, 0.6) is 0 Å². The third-order valence-corrected chi connectivity index (χ3v) is 7.60. The molecule has 0 unspecified atom stereocenters. The van der Waals surface area contributed by atoms with E-state index >= 15 is 0 Å². The van der Waals surface area contributed by atoms with Crippen LogP contribution < -0.4 is 15.5 Å². The number of nitrogens with two attached hydrogens (primary N) is 1. The number of aryl methyl sites for hydroxylation is 1. The van der Waals surface area contributed by atoms with Crippen molar-refractivity contribution in [2.75, 3.05) is 75.9 Å². The maximum atomic E-state index is 6.17. The third kappa shape index (κ3) is 5.39. The first-order valence-corrected chi connectivity index (χ1v) is 13.1. The number of pyridine rings is 1. The van der Waals surface area contributed by atoms with Crippen molar-refractivity contribution in [2.24, 2.45) is 0 Å². The van der Waals surface area contributed by atoms with Gasteiger partial charge in [-0.05, 0) is 55.1 Å². The number of hydrogen-bond donors (Lipinski definition) is 1. The Labute approximate surface area is 220 Å². The average Bonchev–Trinajstić information content (AvgIpc) is 3.10. The quantitative estimate of drug-likeness (QED) is 0.574.